The molecule has 1 fully saturated rings. The van der Waals surface area contributed by atoms with Crippen LogP contribution < -0.4 is 4.74 Å². The summed E-state index contributed by atoms with van der Waals surface area (Å²) >= 11 is 0. The van der Waals surface area contributed by atoms with Crippen molar-refractivity contribution >= 4 is 15.9 Å². The van der Waals surface area contributed by atoms with Crippen molar-refractivity contribution < 1.29 is 17.9 Å². The van der Waals surface area contributed by atoms with Crippen LogP contribution in [0.4, 0.5) is 0 Å². The van der Waals surface area contributed by atoms with Crippen LogP contribution in [0.5, 0.6) is 5.75 Å². The Morgan fingerprint density at radius 2 is 1.64 bits per heavy atom. The van der Waals surface area contributed by atoms with E-state index in [-0.39, 0.29) is 30.5 Å². The lowest BCUT2D eigenvalue weighted by Crippen LogP contribution is -2.51. The van der Waals surface area contributed by atoms with Gasteiger partial charge in [-0.1, -0.05) is 17.7 Å². The summed E-state index contributed by atoms with van der Waals surface area (Å²) in [6, 6.07) is 15.3. The largest absolute Gasteiger partial charge is 0.484 e. The highest BCUT2D eigenvalue weighted by Crippen LogP contribution is 2.18. The second-order valence-corrected chi connectivity index (χ2v) is 8.46. The minimum atomic E-state index is -3.55. The van der Waals surface area contributed by atoms with Gasteiger partial charge in [0.25, 0.3) is 5.91 Å². The maximum absolute atomic E-state index is 12.7. The number of hydrogen-bond donors (Lipinski definition) is 0. The summed E-state index contributed by atoms with van der Waals surface area (Å²) in [5.74, 6) is 0.310. The first-order valence-corrected chi connectivity index (χ1v) is 10.3. The number of ether oxygens (including phenoxy) is 1. The Kier molecular flexibility index (Phi) is 5.97. The molecule has 146 valence electrons. The number of hydrogen-bond acceptors (Lipinski definition) is 5. The highest BCUT2D eigenvalue weighted by atomic mass is 32.2. The first-order chi connectivity index (χ1) is 13.4. The van der Waals surface area contributed by atoms with E-state index in [1.54, 1.807) is 53.4 Å². The Morgan fingerprint density at radius 1 is 1.04 bits per heavy atom. The molecule has 0 aromatic heterocycles. The van der Waals surface area contributed by atoms with E-state index in [0.29, 0.717) is 24.4 Å². The lowest BCUT2D eigenvalue weighted by molar-refractivity contribution is -0.134. The van der Waals surface area contributed by atoms with E-state index >= 15 is 0 Å². The number of piperazine rings is 1. The number of benzene rings is 2. The van der Waals surface area contributed by atoms with Crippen LogP contribution in [0, 0.1) is 18.3 Å². The summed E-state index contributed by atoms with van der Waals surface area (Å²) in [4.78, 5) is 14.2. The molecule has 1 aliphatic rings. The topological polar surface area (TPSA) is 90.7 Å². The van der Waals surface area contributed by atoms with Gasteiger partial charge in [-0.25, -0.2) is 8.42 Å². The molecule has 0 spiro atoms. The smallest absolute Gasteiger partial charge is 0.260 e. The van der Waals surface area contributed by atoms with Gasteiger partial charge in [0.05, 0.1) is 16.5 Å². The van der Waals surface area contributed by atoms with Gasteiger partial charge in [0.2, 0.25) is 10.0 Å². The zero-order valence-corrected chi connectivity index (χ0v) is 16.4. The third-order valence-corrected chi connectivity index (χ3v) is 6.51. The molecule has 28 heavy (non-hydrogen) atoms. The number of carbonyl (C=O) groups excluding carboxylic acids is 1. The molecule has 0 atom stereocenters. The van der Waals surface area contributed by atoms with Gasteiger partial charge < -0.3 is 9.64 Å². The van der Waals surface area contributed by atoms with Gasteiger partial charge >= 0.3 is 0 Å². The van der Waals surface area contributed by atoms with Crippen molar-refractivity contribution in [3.63, 3.8) is 0 Å². The predicted octanol–water partition coefficient (Wildman–Crippen LogP) is 1.78. The van der Waals surface area contributed by atoms with Crippen molar-refractivity contribution in [1.29, 1.82) is 5.26 Å². The molecule has 2 aromatic carbocycles. The predicted molar refractivity (Wildman–Crippen MR) is 103 cm³/mol. The molecule has 0 bridgehead atoms. The molecule has 0 radical (unpaired) electrons. The van der Waals surface area contributed by atoms with Crippen LogP contribution in [0.2, 0.25) is 0 Å². The van der Waals surface area contributed by atoms with E-state index in [9.17, 15) is 13.2 Å². The summed E-state index contributed by atoms with van der Waals surface area (Å²) in [7, 11) is -3.55. The van der Waals surface area contributed by atoms with Crippen molar-refractivity contribution in [1.82, 2.24) is 9.21 Å². The molecule has 0 saturated carbocycles. The Labute approximate surface area is 164 Å². The summed E-state index contributed by atoms with van der Waals surface area (Å²) in [5, 5.41) is 8.78. The molecule has 1 aliphatic heterocycles. The van der Waals surface area contributed by atoms with Crippen LogP contribution in [0.1, 0.15) is 11.1 Å². The number of rotatable bonds is 5. The van der Waals surface area contributed by atoms with E-state index in [2.05, 4.69) is 0 Å². The van der Waals surface area contributed by atoms with Crippen LogP contribution in [0.15, 0.2) is 53.4 Å². The van der Waals surface area contributed by atoms with E-state index in [1.165, 1.54) is 4.31 Å². The van der Waals surface area contributed by atoms with Crippen LogP contribution in [-0.2, 0) is 14.8 Å². The van der Waals surface area contributed by atoms with Gasteiger partial charge in [-0.2, -0.15) is 9.57 Å². The maximum atomic E-state index is 12.7. The Hall–Kier alpha value is -2.89. The van der Waals surface area contributed by atoms with Gasteiger partial charge in [0.1, 0.15) is 5.75 Å². The van der Waals surface area contributed by atoms with Crippen LogP contribution >= 0.6 is 0 Å². The van der Waals surface area contributed by atoms with E-state index < -0.39 is 10.0 Å². The van der Waals surface area contributed by atoms with Gasteiger partial charge in [0.15, 0.2) is 6.61 Å². The van der Waals surface area contributed by atoms with Gasteiger partial charge in [-0.15, -0.1) is 0 Å². The minimum Gasteiger partial charge on any atom is -0.484 e. The molecule has 3 rings (SSSR count). The van der Waals surface area contributed by atoms with Crippen LogP contribution in [-0.4, -0.2) is 56.3 Å². The molecule has 0 N–H and O–H groups in total. The summed E-state index contributed by atoms with van der Waals surface area (Å²) in [6.45, 7) is 2.91. The SMILES string of the molecule is Cc1ccc(S(=O)(=O)N2CCN(C(=O)COc3ccc(C#N)cc3)CC2)cc1. The minimum absolute atomic E-state index is 0.128. The van der Waals surface area contributed by atoms with Crippen molar-refractivity contribution in [3.8, 4) is 11.8 Å². The fourth-order valence-electron chi connectivity index (χ4n) is 2.90. The number of amides is 1. The van der Waals surface area contributed by atoms with Gasteiger partial charge in [0, 0.05) is 26.2 Å². The standard InChI is InChI=1S/C20H21N3O4S/c1-16-2-8-19(9-3-16)28(25,26)23-12-10-22(11-13-23)20(24)15-27-18-6-4-17(14-21)5-7-18/h2-9H,10-13,15H2,1H3. The average molecular weight is 399 g/mol. The number of aryl methyl sites for hydroxylation is 1. The maximum Gasteiger partial charge on any atom is 0.260 e. The van der Waals surface area contributed by atoms with Crippen molar-refractivity contribution in [2.24, 2.45) is 0 Å². The number of sulfonamides is 1. The molecule has 0 unspecified atom stereocenters. The molecule has 1 saturated heterocycles. The van der Waals surface area contributed by atoms with Crippen molar-refractivity contribution in [2.45, 2.75) is 11.8 Å². The molecule has 1 amide bonds. The monoisotopic (exact) mass is 399 g/mol. The quantitative estimate of drug-likeness (QED) is 0.764. The lowest BCUT2D eigenvalue weighted by atomic mass is 10.2. The van der Waals surface area contributed by atoms with Gasteiger partial charge in [-0.05, 0) is 43.3 Å². The first kappa shape index (κ1) is 19.9. The zero-order valence-electron chi connectivity index (χ0n) is 15.5. The summed E-state index contributed by atoms with van der Waals surface area (Å²) in [5.41, 5.74) is 1.52. The molecule has 1 heterocycles. The molecular weight excluding hydrogens is 378 g/mol. The molecule has 7 nitrogen and oxygen atoms in total. The van der Waals surface area contributed by atoms with E-state index in [4.69, 9.17) is 10.00 Å². The third-order valence-electron chi connectivity index (χ3n) is 4.60. The van der Waals surface area contributed by atoms with Crippen molar-refractivity contribution in [2.75, 3.05) is 32.8 Å². The summed E-state index contributed by atoms with van der Waals surface area (Å²) < 4.78 is 32.3. The molecule has 0 aliphatic carbocycles. The first-order valence-electron chi connectivity index (χ1n) is 8.88. The molecular formula is C20H21N3O4S. The Bertz CT molecular complexity index is 972. The van der Waals surface area contributed by atoms with E-state index in [1.807, 2.05) is 13.0 Å². The fraction of sp³-hybridized carbons (Fsp3) is 0.300. The highest BCUT2D eigenvalue weighted by Gasteiger charge is 2.30. The lowest BCUT2D eigenvalue weighted by Gasteiger charge is -2.34. The highest BCUT2D eigenvalue weighted by molar-refractivity contribution is 7.89. The van der Waals surface area contributed by atoms with Crippen LogP contribution in [0.25, 0.3) is 0 Å². The third kappa shape index (κ3) is 4.50. The molecule has 2 aromatic rings. The van der Waals surface area contributed by atoms with Gasteiger partial charge in [-0.3, -0.25) is 4.79 Å². The normalized spacial score (nSPS) is 15.1. The number of carbonyl (C=O) groups is 1. The number of nitriles is 1. The number of nitrogens with zero attached hydrogens (tertiary/aromatic N) is 3. The Morgan fingerprint density at radius 3 is 2.21 bits per heavy atom. The van der Waals surface area contributed by atoms with Crippen molar-refractivity contribution in [3.05, 3.63) is 59.7 Å². The van der Waals surface area contributed by atoms with E-state index in [0.717, 1.165) is 5.56 Å². The average Bonchev–Trinajstić information content (AvgIpc) is 2.73. The fourth-order valence-corrected chi connectivity index (χ4v) is 4.32. The zero-order chi connectivity index (χ0) is 20.1. The molecule has 8 heteroatoms. The second kappa shape index (κ2) is 8.42. The van der Waals surface area contributed by atoms with Crippen LogP contribution in [0.3, 0.4) is 0 Å². The second-order valence-electron chi connectivity index (χ2n) is 6.52. The Balaban J connectivity index is 1.53. The summed E-state index contributed by atoms with van der Waals surface area (Å²) in [6.07, 6.45) is 0.